The van der Waals surface area contributed by atoms with E-state index in [0.29, 0.717) is 29.5 Å². The smallest absolute Gasteiger partial charge is 0.160 e. The highest BCUT2D eigenvalue weighted by molar-refractivity contribution is 6.75. The number of nitrogens with zero attached hydrogens (tertiary/aromatic N) is 1. The molecule has 0 aliphatic carbocycles. The van der Waals surface area contributed by atoms with Crippen LogP contribution in [0.1, 0.15) is 5.56 Å². The molecule has 1 unspecified atom stereocenters. The van der Waals surface area contributed by atoms with Gasteiger partial charge in [-0.1, -0.05) is 31.6 Å². The van der Waals surface area contributed by atoms with Gasteiger partial charge in [0.25, 0.3) is 0 Å². The van der Waals surface area contributed by atoms with Gasteiger partial charge >= 0.3 is 0 Å². The Morgan fingerprint density at radius 2 is 1.92 bits per heavy atom. The number of methoxy groups -OCH3 is 2. The number of ether oxygens (including phenoxy) is 2. The third kappa shape index (κ3) is 3.81. The topological polar surface area (TPSA) is 83.6 Å². The lowest BCUT2D eigenvalue weighted by molar-refractivity contribution is 0.354. The Labute approximate surface area is 150 Å². The van der Waals surface area contributed by atoms with Crippen LogP contribution in [-0.4, -0.2) is 39.1 Å². The van der Waals surface area contributed by atoms with Crippen molar-refractivity contribution in [2.75, 3.05) is 14.2 Å². The van der Waals surface area contributed by atoms with Crippen LogP contribution in [0.4, 0.5) is 0 Å². The number of amidine groups is 1. The molecule has 1 aliphatic heterocycles. The molecule has 0 spiro atoms. The number of rotatable bonds is 5. The van der Waals surface area contributed by atoms with Crippen LogP contribution in [0.2, 0.25) is 19.6 Å². The SMILES string of the molecule is C#CC1=C(Cc2ccc(OC)c(OC)c2)C(=N)N([Si](C)(C)C)C(N)N1. The minimum atomic E-state index is -1.84. The Morgan fingerprint density at radius 1 is 1.28 bits per heavy atom. The predicted molar refractivity (Wildman–Crippen MR) is 103 cm³/mol. The van der Waals surface area contributed by atoms with Gasteiger partial charge in [0.15, 0.2) is 19.7 Å². The van der Waals surface area contributed by atoms with Crippen LogP contribution in [0.15, 0.2) is 29.5 Å². The zero-order valence-corrected chi connectivity index (χ0v) is 16.4. The average molecular weight is 359 g/mol. The summed E-state index contributed by atoms with van der Waals surface area (Å²) < 4.78 is 12.6. The van der Waals surface area contributed by atoms with Crippen molar-refractivity contribution < 1.29 is 9.47 Å². The van der Waals surface area contributed by atoms with E-state index in [4.69, 9.17) is 27.0 Å². The molecule has 1 aliphatic rings. The van der Waals surface area contributed by atoms with Crippen LogP contribution in [0.5, 0.6) is 11.5 Å². The number of terminal acetylenes is 1. The molecule has 7 heteroatoms. The van der Waals surface area contributed by atoms with Crippen molar-refractivity contribution in [3.05, 3.63) is 35.0 Å². The zero-order valence-electron chi connectivity index (χ0n) is 15.4. The fourth-order valence-electron chi connectivity index (χ4n) is 2.95. The lowest BCUT2D eigenvalue weighted by atomic mass is 10.0. The van der Waals surface area contributed by atoms with Gasteiger partial charge in [-0.05, 0) is 17.7 Å². The summed E-state index contributed by atoms with van der Waals surface area (Å²) in [4.78, 5) is 0. The maximum absolute atomic E-state index is 8.68. The molecule has 0 amide bonds. The lowest BCUT2D eigenvalue weighted by Gasteiger charge is -2.45. The molecule has 1 aromatic rings. The number of hydrogen-bond donors (Lipinski definition) is 3. The van der Waals surface area contributed by atoms with E-state index in [9.17, 15) is 0 Å². The van der Waals surface area contributed by atoms with Gasteiger partial charge in [-0.15, -0.1) is 6.42 Å². The summed E-state index contributed by atoms with van der Waals surface area (Å²) in [6, 6.07) is 5.70. The van der Waals surface area contributed by atoms with E-state index in [1.54, 1.807) is 14.2 Å². The van der Waals surface area contributed by atoms with Gasteiger partial charge in [-0.2, -0.15) is 0 Å². The predicted octanol–water partition coefficient (Wildman–Crippen LogP) is 2.09. The first-order valence-electron chi connectivity index (χ1n) is 8.04. The fraction of sp³-hybridized carbons (Fsp3) is 0.389. The monoisotopic (exact) mass is 358 g/mol. The molecule has 0 fully saturated rings. The maximum Gasteiger partial charge on any atom is 0.160 e. The van der Waals surface area contributed by atoms with Gasteiger partial charge in [0.05, 0.1) is 19.9 Å². The van der Waals surface area contributed by atoms with Crippen molar-refractivity contribution >= 4 is 14.1 Å². The molecule has 4 N–H and O–H groups in total. The normalized spacial score (nSPS) is 17.9. The second-order valence-electron chi connectivity index (χ2n) is 6.84. The second kappa shape index (κ2) is 7.21. The third-order valence-electron chi connectivity index (χ3n) is 4.09. The van der Waals surface area contributed by atoms with Crippen molar-refractivity contribution in [1.82, 2.24) is 9.88 Å². The molecule has 6 nitrogen and oxygen atoms in total. The van der Waals surface area contributed by atoms with Crippen LogP contribution in [0.25, 0.3) is 0 Å². The van der Waals surface area contributed by atoms with Crippen molar-refractivity contribution in [2.45, 2.75) is 32.4 Å². The number of nitrogens with one attached hydrogen (secondary N) is 2. The van der Waals surface area contributed by atoms with E-state index >= 15 is 0 Å². The van der Waals surface area contributed by atoms with E-state index in [0.717, 1.165) is 11.1 Å². The standard InChI is InChI=1S/C18H26N4O2Si/c1-7-14-13(17(19)22(18(20)21-14)25(4,5)6)10-12-8-9-15(23-2)16(11-12)24-3/h1,8-9,11,18-19,21H,10,20H2,2-6H3. The van der Waals surface area contributed by atoms with E-state index in [1.807, 2.05) is 22.8 Å². The van der Waals surface area contributed by atoms with Gasteiger partial charge in [0, 0.05) is 12.0 Å². The summed E-state index contributed by atoms with van der Waals surface area (Å²) in [5.74, 6) is 4.35. The Morgan fingerprint density at radius 3 is 2.44 bits per heavy atom. The molecule has 1 aromatic carbocycles. The van der Waals surface area contributed by atoms with E-state index < -0.39 is 14.5 Å². The first-order valence-corrected chi connectivity index (χ1v) is 11.5. The Balaban J connectivity index is 2.42. The maximum atomic E-state index is 8.68. The number of allylic oxidation sites excluding steroid dienone is 1. The first-order chi connectivity index (χ1) is 11.7. The summed E-state index contributed by atoms with van der Waals surface area (Å²) in [6.45, 7) is 6.45. The summed E-state index contributed by atoms with van der Waals surface area (Å²) in [5, 5.41) is 11.8. The summed E-state index contributed by atoms with van der Waals surface area (Å²) >= 11 is 0. The molecular weight excluding hydrogens is 332 g/mol. The number of hydrogen-bond acceptors (Lipinski definition) is 5. The summed E-state index contributed by atoms with van der Waals surface area (Å²) in [6.07, 6.45) is 5.69. The van der Waals surface area contributed by atoms with E-state index in [2.05, 4.69) is 30.9 Å². The highest BCUT2D eigenvalue weighted by Gasteiger charge is 2.36. The molecule has 1 atom stereocenters. The van der Waals surface area contributed by atoms with Crippen molar-refractivity contribution in [3.8, 4) is 23.8 Å². The third-order valence-corrected chi connectivity index (χ3v) is 6.04. The highest BCUT2D eigenvalue weighted by Crippen LogP contribution is 2.30. The van der Waals surface area contributed by atoms with Crippen LogP contribution in [-0.2, 0) is 6.42 Å². The molecule has 0 saturated carbocycles. The number of nitrogens with two attached hydrogens (primary N) is 1. The Hall–Kier alpha value is -2.43. The van der Waals surface area contributed by atoms with Crippen LogP contribution < -0.4 is 20.5 Å². The molecule has 1 heterocycles. The summed E-state index contributed by atoms with van der Waals surface area (Å²) in [5.41, 5.74) is 8.52. The fourth-order valence-corrected chi connectivity index (χ4v) is 4.66. The first kappa shape index (κ1) is 18.9. The van der Waals surface area contributed by atoms with Gasteiger partial charge in [0.2, 0.25) is 0 Å². The molecular formula is C18H26N4O2Si. The molecule has 0 aromatic heterocycles. The Bertz CT molecular complexity index is 746. The van der Waals surface area contributed by atoms with E-state index in [-0.39, 0.29) is 0 Å². The molecule has 2 rings (SSSR count). The van der Waals surface area contributed by atoms with Crippen molar-refractivity contribution in [3.63, 3.8) is 0 Å². The van der Waals surface area contributed by atoms with Crippen LogP contribution in [0.3, 0.4) is 0 Å². The Kier molecular flexibility index (Phi) is 5.45. The van der Waals surface area contributed by atoms with E-state index in [1.165, 1.54) is 0 Å². The minimum Gasteiger partial charge on any atom is -0.493 e. The van der Waals surface area contributed by atoms with Crippen molar-refractivity contribution in [1.29, 1.82) is 5.41 Å². The zero-order chi connectivity index (χ0) is 18.8. The quantitative estimate of drug-likeness (QED) is 0.554. The molecule has 0 saturated heterocycles. The average Bonchev–Trinajstić information content (AvgIpc) is 2.55. The molecule has 25 heavy (non-hydrogen) atoms. The molecule has 0 radical (unpaired) electrons. The molecule has 134 valence electrons. The second-order valence-corrected chi connectivity index (χ2v) is 11.7. The van der Waals surface area contributed by atoms with Gasteiger partial charge in [0.1, 0.15) is 12.1 Å². The van der Waals surface area contributed by atoms with Gasteiger partial charge < -0.3 is 19.4 Å². The molecule has 0 bridgehead atoms. The van der Waals surface area contributed by atoms with Gasteiger partial charge in [-0.3, -0.25) is 11.1 Å². The van der Waals surface area contributed by atoms with Gasteiger partial charge in [-0.25, -0.2) is 0 Å². The van der Waals surface area contributed by atoms with Crippen LogP contribution in [0, 0.1) is 17.8 Å². The van der Waals surface area contributed by atoms with Crippen LogP contribution >= 0.6 is 0 Å². The summed E-state index contributed by atoms with van der Waals surface area (Å²) in [7, 11) is 1.36. The lowest BCUT2D eigenvalue weighted by Crippen LogP contribution is -2.66. The van der Waals surface area contributed by atoms with Crippen molar-refractivity contribution in [2.24, 2.45) is 5.73 Å². The largest absolute Gasteiger partial charge is 0.493 e. The minimum absolute atomic E-state index is 0.396. The highest BCUT2D eigenvalue weighted by atomic mass is 28.3. The number of benzene rings is 1.